The van der Waals surface area contributed by atoms with Gasteiger partial charge in [0.05, 0.1) is 5.75 Å². The minimum atomic E-state index is -0.517. The first-order chi connectivity index (χ1) is 12.9. The van der Waals surface area contributed by atoms with Crippen molar-refractivity contribution in [1.82, 2.24) is 10.2 Å². The number of likely N-dealkylation sites (N-methyl/N-ethyl adjacent to an activating group) is 1. The predicted molar refractivity (Wildman–Crippen MR) is 116 cm³/mol. The summed E-state index contributed by atoms with van der Waals surface area (Å²) in [6.45, 7) is 4.21. The zero-order chi connectivity index (χ0) is 19.8. The Morgan fingerprint density at radius 1 is 1.15 bits per heavy atom. The molecule has 1 N–H and O–H groups in total. The third-order valence-electron chi connectivity index (χ3n) is 4.26. The number of carbonyl (C=O) groups is 2. The molecule has 2 aromatic carbocycles. The smallest absolute Gasteiger partial charge is 0.242 e. The van der Waals surface area contributed by atoms with Crippen molar-refractivity contribution in [2.75, 3.05) is 12.8 Å². The van der Waals surface area contributed by atoms with Crippen LogP contribution >= 0.6 is 27.7 Å². The van der Waals surface area contributed by atoms with Crippen LogP contribution in [0.1, 0.15) is 23.6 Å². The lowest BCUT2D eigenvalue weighted by Gasteiger charge is -2.28. The third kappa shape index (κ3) is 6.70. The molecule has 0 unspecified atom stereocenters. The Bertz CT molecular complexity index is 780. The van der Waals surface area contributed by atoms with Gasteiger partial charge in [-0.2, -0.15) is 0 Å². The zero-order valence-electron chi connectivity index (χ0n) is 15.9. The fraction of sp³-hybridized carbons (Fsp3) is 0.333. The number of nitrogens with one attached hydrogen (secondary N) is 1. The van der Waals surface area contributed by atoms with Crippen molar-refractivity contribution in [3.05, 3.63) is 69.7 Å². The van der Waals surface area contributed by atoms with Gasteiger partial charge in [-0.3, -0.25) is 9.59 Å². The number of hydrogen-bond acceptors (Lipinski definition) is 3. The number of halogens is 1. The molecule has 2 amide bonds. The standard InChI is InChI=1S/C21H25BrN2O2S/c1-15-5-4-6-18(11-15)12-24(16(2)21(26)23-3)20(25)14-27-13-17-7-9-19(22)10-8-17/h4-11,16H,12-14H2,1-3H3,(H,23,26)/t16-/m1/s1. The number of amides is 2. The Morgan fingerprint density at radius 3 is 2.48 bits per heavy atom. The molecule has 4 nitrogen and oxygen atoms in total. The van der Waals surface area contributed by atoms with Crippen molar-refractivity contribution in [2.45, 2.75) is 32.2 Å². The van der Waals surface area contributed by atoms with Crippen molar-refractivity contribution in [3.63, 3.8) is 0 Å². The highest BCUT2D eigenvalue weighted by Gasteiger charge is 2.25. The Hall–Kier alpha value is -1.79. The third-order valence-corrected chi connectivity index (χ3v) is 5.77. The minimum Gasteiger partial charge on any atom is -0.357 e. The summed E-state index contributed by atoms with van der Waals surface area (Å²) in [4.78, 5) is 26.6. The highest BCUT2D eigenvalue weighted by atomic mass is 79.9. The Balaban J connectivity index is 2.03. The zero-order valence-corrected chi connectivity index (χ0v) is 18.3. The fourth-order valence-corrected chi connectivity index (χ4v) is 3.85. The summed E-state index contributed by atoms with van der Waals surface area (Å²) in [6.07, 6.45) is 0. The van der Waals surface area contributed by atoms with Crippen LogP contribution in [0.4, 0.5) is 0 Å². The maximum Gasteiger partial charge on any atom is 0.242 e. The lowest BCUT2D eigenvalue weighted by molar-refractivity contribution is -0.138. The molecule has 0 saturated heterocycles. The second-order valence-corrected chi connectivity index (χ2v) is 8.32. The van der Waals surface area contributed by atoms with Crippen molar-refractivity contribution in [3.8, 4) is 0 Å². The van der Waals surface area contributed by atoms with Gasteiger partial charge in [0.2, 0.25) is 11.8 Å². The van der Waals surface area contributed by atoms with Crippen LogP contribution in [-0.2, 0) is 21.9 Å². The van der Waals surface area contributed by atoms with Gasteiger partial charge in [-0.1, -0.05) is 57.9 Å². The first kappa shape index (κ1) is 21.5. The van der Waals surface area contributed by atoms with Gasteiger partial charge < -0.3 is 10.2 Å². The largest absolute Gasteiger partial charge is 0.357 e. The molecule has 0 bridgehead atoms. The molecule has 0 heterocycles. The Morgan fingerprint density at radius 2 is 1.85 bits per heavy atom. The van der Waals surface area contributed by atoms with Crippen LogP contribution in [0.25, 0.3) is 0 Å². The van der Waals surface area contributed by atoms with E-state index in [0.717, 1.165) is 21.4 Å². The van der Waals surface area contributed by atoms with E-state index < -0.39 is 6.04 Å². The average molecular weight is 449 g/mol. The molecular weight excluding hydrogens is 424 g/mol. The number of carbonyl (C=O) groups excluding carboxylic acids is 2. The summed E-state index contributed by atoms with van der Waals surface area (Å²) in [5, 5.41) is 2.64. The van der Waals surface area contributed by atoms with Crippen LogP contribution < -0.4 is 5.32 Å². The molecule has 1 atom stereocenters. The SMILES string of the molecule is CNC(=O)[C@@H](C)N(Cc1cccc(C)c1)C(=O)CSCc1ccc(Br)cc1. The average Bonchev–Trinajstić information content (AvgIpc) is 2.66. The van der Waals surface area contributed by atoms with Crippen molar-refractivity contribution < 1.29 is 9.59 Å². The molecule has 2 rings (SSSR count). The normalized spacial score (nSPS) is 11.7. The van der Waals surface area contributed by atoms with E-state index >= 15 is 0 Å². The van der Waals surface area contributed by atoms with E-state index in [1.807, 2.05) is 55.5 Å². The molecule has 0 saturated carbocycles. The van der Waals surface area contributed by atoms with Gasteiger partial charge in [0.25, 0.3) is 0 Å². The summed E-state index contributed by atoms with van der Waals surface area (Å²) in [5.41, 5.74) is 3.33. The minimum absolute atomic E-state index is 0.0327. The summed E-state index contributed by atoms with van der Waals surface area (Å²) < 4.78 is 1.04. The molecule has 6 heteroatoms. The number of nitrogens with zero attached hydrogens (tertiary/aromatic N) is 1. The van der Waals surface area contributed by atoms with Gasteiger partial charge in [0.15, 0.2) is 0 Å². The maximum atomic E-state index is 12.9. The van der Waals surface area contributed by atoms with E-state index in [-0.39, 0.29) is 11.8 Å². The Kier molecular flexibility index (Phi) is 8.38. The molecule has 0 aliphatic carbocycles. The van der Waals surface area contributed by atoms with Crippen LogP contribution in [0.5, 0.6) is 0 Å². The maximum absolute atomic E-state index is 12.9. The lowest BCUT2D eigenvalue weighted by atomic mass is 10.1. The van der Waals surface area contributed by atoms with E-state index in [0.29, 0.717) is 12.3 Å². The van der Waals surface area contributed by atoms with Gasteiger partial charge in [-0.25, -0.2) is 0 Å². The van der Waals surface area contributed by atoms with E-state index in [1.54, 1.807) is 30.6 Å². The number of aryl methyl sites for hydroxylation is 1. The summed E-state index contributed by atoms with van der Waals surface area (Å²) in [5.74, 6) is 0.901. The molecule has 0 radical (unpaired) electrons. The molecule has 2 aromatic rings. The summed E-state index contributed by atoms with van der Waals surface area (Å²) in [7, 11) is 1.59. The highest BCUT2D eigenvalue weighted by Crippen LogP contribution is 2.18. The van der Waals surface area contributed by atoms with Crippen LogP contribution in [0.2, 0.25) is 0 Å². The predicted octanol–water partition coefficient (Wildman–Crippen LogP) is 4.15. The molecule has 0 aromatic heterocycles. The molecule has 0 aliphatic heterocycles. The van der Waals surface area contributed by atoms with Gasteiger partial charge in [0.1, 0.15) is 6.04 Å². The van der Waals surface area contributed by atoms with Crippen molar-refractivity contribution in [1.29, 1.82) is 0 Å². The Labute approximate surface area is 173 Å². The van der Waals surface area contributed by atoms with E-state index in [4.69, 9.17) is 0 Å². The first-order valence-electron chi connectivity index (χ1n) is 8.79. The van der Waals surface area contributed by atoms with E-state index in [9.17, 15) is 9.59 Å². The van der Waals surface area contributed by atoms with Crippen LogP contribution in [-0.4, -0.2) is 35.6 Å². The van der Waals surface area contributed by atoms with Crippen molar-refractivity contribution >= 4 is 39.5 Å². The van der Waals surface area contributed by atoms with Crippen LogP contribution in [0, 0.1) is 6.92 Å². The monoisotopic (exact) mass is 448 g/mol. The summed E-state index contributed by atoms with van der Waals surface area (Å²) >= 11 is 4.98. The topological polar surface area (TPSA) is 49.4 Å². The second kappa shape index (κ2) is 10.5. The number of thioether (sulfide) groups is 1. The van der Waals surface area contributed by atoms with Gasteiger partial charge in [-0.05, 0) is 37.1 Å². The van der Waals surface area contributed by atoms with Gasteiger partial charge >= 0.3 is 0 Å². The van der Waals surface area contributed by atoms with Gasteiger partial charge in [-0.15, -0.1) is 11.8 Å². The number of benzene rings is 2. The van der Waals surface area contributed by atoms with Crippen molar-refractivity contribution in [2.24, 2.45) is 0 Å². The quantitative estimate of drug-likeness (QED) is 0.659. The van der Waals surface area contributed by atoms with E-state index in [1.165, 1.54) is 5.56 Å². The second-order valence-electron chi connectivity index (χ2n) is 6.42. The fourth-order valence-electron chi connectivity index (χ4n) is 2.72. The molecular formula is C21H25BrN2O2S. The summed E-state index contributed by atoms with van der Waals surface area (Å²) in [6, 6.07) is 15.6. The molecule has 0 fully saturated rings. The lowest BCUT2D eigenvalue weighted by Crippen LogP contribution is -2.47. The highest BCUT2D eigenvalue weighted by molar-refractivity contribution is 9.10. The van der Waals surface area contributed by atoms with Gasteiger partial charge in [0, 0.05) is 23.8 Å². The van der Waals surface area contributed by atoms with Crippen LogP contribution in [0.15, 0.2) is 53.0 Å². The first-order valence-corrected chi connectivity index (χ1v) is 10.7. The molecule has 0 aliphatic rings. The number of hydrogen-bond donors (Lipinski definition) is 1. The molecule has 144 valence electrons. The number of rotatable bonds is 8. The van der Waals surface area contributed by atoms with Crippen LogP contribution in [0.3, 0.4) is 0 Å². The molecule has 27 heavy (non-hydrogen) atoms. The molecule has 0 spiro atoms. The van der Waals surface area contributed by atoms with E-state index in [2.05, 4.69) is 21.2 Å².